The van der Waals surface area contributed by atoms with Crippen molar-refractivity contribution >= 4 is 17.8 Å². The molecule has 2 aromatic carbocycles. The van der Waals surface area contributed by atoms with Gasteiger partial charge in [-0.05, 0) is 29.8 Å². The number of imidazole rings is 1. The van der Waals surface area contributed by atoms with E-state index in [1.807, 2.05) is 29.3 Å². The van der Waals surface area contributed by atoms with Crippen LogP contribution >= 0.6 is 11.6 Å². The van der Waals surface area contributed by atoms with Gasteiger partial charge in [-0.15, -0.1) is 0 Å². The van der Waals surface area contributed by atoms with Gasteiger partial charge in [0.25, 0.3) is 0 Å². The normalized spacial score (nSPS) is 13.2. The summed E-state index contributed by atoms with van der Waals surface area (Å²) >= 11 is 5.91. The van der Waals surface area contributed by atoms with Crippen LogP contribution in [0.5, 0.6) is 0 Å². The molecule has 0 spiro atoms. The number of hydrogen-bond donors (Lipinski definition) is 1. The molecule has 0 bridgehead atoms. The molecule has 24 heavy (non-hydrogen) atoms. The molecule has 0 amide bonds. The van der Waals surface area contributed by atoms with Crippen LogP contribution in [0, 0.1) is 5.82 Å². The lowest BCUT2D eigenvalue weighted by atomic mass is 10.2. The fourth-order valence-corrected chi connectivity index (χ4v) is 2.81. The minimum absolute atomic E-state index is 0.293. The third-order valence-electron chi connectivity index (χ3n) is 3.90. The van der Waals surface area contributed by atoms with E-state index in [0.29, 0.717) is 29.5 Å². The zero-order valence-corrected chi connectivity index (χ0v) is 13.5. The number of aromatic nitrogens is 2. The summed E-state index contributed by atoms with van der Waals surface area (Å²) in [6, 6.07) is 14.3. The molecular weight excluding hydrogens is 327 g/mol. The number of halogens is 2. The molecule has 0 saturated heterocycles. The first-order chi connectivity index (χ1) is 11.7. The fraction of sp³-hybridized carbons (Fsp3) is 0.111. The lowest BCUT2D eigenvalue weighted by Gasteiger charge is -2.21. The summed E-state index contributed by atoms with van der Waals surface area (Å²) in [6.07, 6.45) is 1.73. The smallest absolute Gasteiger partial charge is 0.141 e. The van der Waals surface area contributed by atoms with Crippen molar-refractivity contribution in [3.63, 3.8) is 0 Å². The Bertz CT molecular complexity index is 902. The molecule has 4 rings (SSSR count). The summed E-state index contributed by atoms with van der Waals surface area (Å²) in [5, 5.41) is 7.06. The molecule has 0 radical (unpaired) electrons. The van der Waals surface area contributed by atoms with E-state index >= 15 is 0 Å². The number of hydrogen-bond acceptors (Lipinski definition) is 3. The van der Waals surface area contributed by atoms with Gasteiger partial charge in [-0.25, -0.2) is 9.37 Å². The van der Waals surface area contributed by atoms with Crippen LogP contribution in [0.1, 0.15) is 17.0 Å². The highest BCUT2D eigenvalue weighted by Crippen LogP contribution is 2.24. The number of fused-ring (bicyclic) bond motifs is 1. The molecule has 1 aromatic heterocycles. The highest BCUT2D eigenvalue weighted by atomic mass is 35.5. The average molecular weight is 341 g/mol. The monoisotopic (exact) mass is 340 g/mol. The predicted molar refractivity (Wildman–Crippen MR) is 92.3 cm³/mol. The van der Waals surface area contributed by atoms with E-state index in [4.69, 9.17) is 11.6 Å². The molecule has 3 aromatic rings. The van der Waals surface area contributed by atoms with Crippen molar-refractivity contribution in [1.29, 1.82) is 0 Å². The maximum Gasteiger partial charge on any atom is 0.141 e. The van der Waals surface area contributed by atoms with Crippen molar-refractivity contribution in [2.45, 2.75) is 13.1 Å². The topological polar surface area (TPSA) is 44.3 Å². The van der Waals surface area contributed by atoms with E-state index < -0.39 is 0 Å². The number of benzene rings is 2. The Morgan fingerprint density at radius 2 is 1.92 bits per heavy atom. The van der Waals surface area contributed by atoms with Gasteiger partial charge < -0.3 is 4.98 Å². The highest BCUT2D eigenvalue weighted by Gasteiger charge is 2.18. The molecule has 0 aliphatic carbocycles. The predicted octanol–water partition coefficient (Wildman–Crippen LogP) is 4.22. The second-order valence-electron chi connectivity index (χ2n) is 5.62. The highest BCUT2D eigenvalue weighted by molar-refractivity contribution is 6.30. The lowest BCUT2D eigenvalue weighted by Crippen LogP contribution is -2.21. The van der Waals surface area contributed by atoms with Crippen LogP contribution < -0.4 is 0 Å². The van der Waals surface area contributed by atoms with E-state index in [0.717, 1.165) is 17.0 Å². The van der Waals surface area contributed by atoms with Crippen molar-refractivity contribution in [3.8, 4) is 11.4 Å². The molecule has 1 aliphatic heterocycles. The summed E-state index contributed by atoms with van der Waals surface area (Å²) < 4.78 is 13.9. The van der Waals surface area contributed by atoms with Gasteiger partial charge >= 0.3 is 0 Å². The van der Waals surface area contributed by atoms with Crippen LogP contribution in [0.15, 0.2) is 53.6 Å². The number of hydrazone groups is 1. The lowest BCUT2D eigenvalue weighted by molar-refractivity contribution is 0.265. The van der Waals surface area contributed by atoms with Crippen molar-refractivity contribution in [2.24, 2.45) is 5.10 Å². The third-order valence-corrected chi connectivity index (χ3v) is 4.15. The second-order valence-corrected chi connectivity index (χ2v) is 6.06. The number of H-pyrrole nitrogens is 1. The van der Waals surface area contributed by atoms with Crippen molar-refractivity contribution < 1.29 is 4.39 Å². The number of nitrogens with zero attached hydrogens (tertiary/aromatic N) is 3. The van der Waals surface area contributed by atoms with Gasteiger partial charge in [0.2, 0.25) is 0 Å². The number of rotatable bonds is 3. The van der Waals surface area contributed by atoms with Crippen molar-refractivity contribution in [1.82, 2.24) is 15.0 Å². The zero-order valence-electron chi connectivity index (χ0n) is 12.7. The van der Waals surface area contributed by atoms with Gasteiger partial charge in [0.15, 0.2) is 0 Å². The minimum Gasteiger partial charge on any atom is -0.337 e. The van der Waals surface area contributed by atoms with E-state index in [2.05, 4.69) is 15.1 Å². The minimum atomic E-state index is -0.293. The Hall–Kier alpha value is -2.66. The van der Waals surface area contributed by atoms with Gasteiger partial charge in [-0.1, -0.05) is 35.9 Å². The first-order valence-corrected chi connectivity index (χ1v) is 7.94. The van der Waals surface area contributed by atoms with E-state index in [9.17, 15) is 4.39 Å². The van der Waals surface area contributed by atoms with Gasteiger partial charge in [0.05, 0.1) is 36.3 Å². The first kappa shape index (κ1) is 14.9. The van der Waals surface area contributed by atoms with Crippen molar-refractivity contribution in [3.05, 3.63) is 76.3 Å². The van der Waals surface area contributed by atoms with E-state index in [1.54, 1.807) is 24.4 Å². The quantitative estimate of drug-likeness (QED) is 0.776. The van der Waals surface area contributed by atoms with E-state index in [-0.39, 0.29) is 5.82 Å². The fourth-order valence-electron chi connectivity index (χ4n) is 2.68. The third kappa shape index (κ3) is 2.90. The summed E-state index contributed by atoms with van der Waals surface area (Å²) in [6.45, 7) is 1.23. The maximum atomic E-state index is 13.9. The van der Waals surface area contributed by atoms with Crippen LogP contribution in [0.2, 0.25) is 5.02 Å². The van der Waals surface area contributed by atoms with Crippen molar-refractivity contribution in [2.75, 3.05) is 0 Å². The Labute approximate surface area is 143 Å². The average Bonchev–Trinajstić information content (AvgIpc) is 3.00. The molecule has 2 heterocycles. The number of aromatic amines is 1. The molecule has 0 fully saturated rings. The van der Waals surface area contributed by atoms with Gasteiger partial charge in [-0.3, -0.25) is 5.01 Å². The van der Waals surface area contributed by atoms with Crippen LogP contribution in [0.3, 0.4) is 0 Å². The summed E-state index contributed by atoms with van der Waals surface area (Å²) in [5.41, 5.74) is 3.26. The van der Waals surface area contributed by atoms with Crippen LogP contribution in [0.25, 0.3) is 11.4 Å². The molecule has 0 atom stereocenters. The first-order valence-electron chi connectivity index (χ1n) is 7.56. The van der Waals surface area contributed by atoms with E-state index in [1.165, 1.54) is 6.07 Å². The van der Waals surface area contributed by atoms with Gasteiger partial charge in [-0.2, -0.15) is 5.10 Å². The zero-order chi connectivity index (χ0) is 16.5. The molecule has 1 N–H and O–H groups in total. The molecule has 4 nitrogen and oxygen atoms in total. The van der Waals surface area contributed by atoms with Gasteiger partial charge in [0, 0.05) is 5.02 Å². The molecule has 0 unspecified atom stereocenters. The Morgan fingerprint density at radius 3 is 2.71 bits per heavy atom. The molecule has 120 valence electrons. The number of nitrogens with one attached hydrogen (secondary N) is 1. The summed E-state index contributed by atoms with van der Waals surface area (Å²) in [4.78, 5) is 7.68. The van der Waals surface area contributed by atoms with Crippen LogP contribution in [0.4, 0.5) is 4.39 Å². The molecule has 6 heteroatoms. The molecule has 1 aliphatic rings. The largest absolute Gasteiger partial charge is 0.337 e. The molecular formula is C18H14ClFN4. The Morgan fingerprint density at radius 1 is 1.12 bits per heavy atom. The summed E-state index contributed by atoms with van der Waals surface area (Å²) in [5.74, 6) is 0.233. The van der Waals surface area contributed by atoms with Gasteiger partial charge in [0.1, 0.15) is 11.6 Å². The molecule has 0 saturated carbocycles. The SMILES string of the molecule is Fc1ccccc1-c1nc2c([nH]1)C=NN(Cc1ccc(Cl)cc1)C2. The maximum absolute atomic E-state index is 13.9. The van der Waals surface area contributed by atoms with Crippen LogP contribution in [-0.4, -0.2) is 21.2 Å². The Balaban J connectivity index is 1.55. The summed E-state index contributed by atoms with van der Waals surface area (Å²) in [7, 11) is 0. The standard InChI is InChI=1S/C18H14ClFN4/c19-13-7-5-12(6-8-13)10-24-11-17-16(9-21-24)22-18(23-17)14-3-1-2-4-15(14)20/h1-9H,10-11H2,(H,22,23). The van der Waals surface area contributed by atoms with Crippen LogP contribution in [-0.2, 0) is 13.1 Å². The Kier molecular flexibility index (Phi) is 3.78. The second kappa shape index (κ2) is 6.09.